The van der Waals surface area contributed by atoms with Crippen molar-refractivity contribution >= 4 is 17.0 Å². The highest BCUT2D eigenvalue weighted by Gasteiger charge is 2.06. The van der Waals surface area contributed by atoms with Crippen LogP contribution in [0.1, 0.15) is 17.5 Å². The maximum Gasteiger partial charge on any atom is 0.220 e. The normalized spacial score (nSPS) is 10.7. The predicted octanol–water partition coefficient (Wildman–Crippen LogP) is 3.13. The first-order chi connectivity index (χ1) is 11.8. The van der Waals surface area contributed by atoms with Crippen LogP contribution < -0.4 is 10.1 Å². The number of rotatable bonds is 7. The fraction of sp³-hybridized carbons (Fsp3) is 0.263. The van der Waals surface area contributed by atoms with Crippen LogP contribution in [-0.2, 0) is 17.6 Å². The summed E-state index contributed by atoms with van der Waals surface area (Å²) in [5, 5.41) is 2.96. The van der Waals surface area contributed by atoms with Crippen LogP contribution in [0.25, 0.3) is 11.1 Å². The second-order valence-electron chi connectivity index (χ2n) is 5.57. The molecule has 0 fully saturated rings. The molecule has 0 bridgehead atoms. The molecule has 0 aliphatic rings. The van der Waals surface area contributed by atoms with Gasteiger partial charge in [-0.3, -0.25) is 4.79 Å². The Morgan fingerprint density at radius 3 is 2.96 bits per heavy atom. The summed E-state index contributed by atoms with van der Waals surface area (Å²) in [6.45, 7) is 0.605. The van der Waals surface area contributed by atoms with Gasteiger partial charge in [-0.2, -0.15) is 0 Å². The van der Waals surface area contributed by atoms with Gasteiger partial charge in [-0.25, -0.2) is 4.98 Å². The van der Waals surface area contributed by atoms with Gasteiger partial charge >= 0.3 is 0 Å². The predicted molar refractivity (Wildman–Crippen MR) is 92.0 cm³/mol. The number of para-hydroxylation sites is 1. The molecule has 0 saturated carbocycles. The maximum atomic E-state index is 12.0. The van der Waals surface area contributed by atoms with Crippen molar-refractivity contribution in [2.75, 3.05) is 13.7 Å². The maximum absolute atomic E-state index is 12.0. The number of hydrogen-bond acceptors (Lipinski definition) is 4. The molecule has 0 aliphatic heterocycles. The Hall–Kier alpha value is -2.82. The van der Waals surface area contributed by atoms with E-state index in [1.165, 1.54) is 6.39 Å². The number of methoxy groups -OCH3 is 1. The zero-order valence-corrected chi connectivity index (χ0v) is 13.6. The summed E-state index contributed by atoms with van der Waals surface area (Å²) < 4.78 is 10.5. The Morgan fingerprint density at radius 2 is 2.08 bits per heavy atom. The number of hydrogen-bond donors (Lipinski definition) is 1. The number of carbonyl (C=O) groups is 1. The van der Waals surface area contributed by atoms with Gasteiger partial charge in [0.2, 0.25) is 5.91 Å². The summed E-state index contributed by atoms with van der Waals surface area (Å²) in [6.07, 6.45) is 3.32. The van der Waals surface area contributed by atoms with E-state index in [0.717, 1.165) is 34.4 Å². The van der Waals surface area contributed by atoms with Crippen LogP contribution in [0, 0.1) is 0 Å². The SMILES string of the molecule is COc1ccccc1CCC(=O)NCCc1ccc2ocnc2c1. The number of aromatic nitrogens is 1. The van der Waals surface area contributed by atoms with E-state index in [0.29, 0.717) is 19.4 Å². The van der Waals surface area contributed by atoms with Gasteiger partial charge in [0.1, 0.15) is 11.3 Å². The van der Waals surface area contributed by atoms with Crippen molar-refractivity contribution in [3.63, 3.8) is 0 Å². The highest BCUT2D eigenvalue weighted by atomic mass is 16.5. The minimum atomic E-state index is 0.0448. The van der Waals surface area contributed by atoms with Gasteiger partial charge in [0, 0.05) is 13.0 Å². The van der Waals surface area contributed by atoms with Crippen LogP contribution in [0.2, 0.25) is 0 Å². The summed E-state index contributed by atoms with van der Waals surface area (Å²) >= 11 is 0. The van der Waals surface area contributed by atoms with Crippen LogP contribution >= 0.6 is 0 Å². The lowest BCUT2D eigenvalue weighted by Crippen LogP contribution is -2.25. The zero-order chi connectivity index (χ0) is 16.8. The zero-order valence-electron chi connectivity index (χ0n) is 13.6. The van der Waals surface area contributed by atoms with Crippen LogP contribution in [0.5, 0.6) is 5.75 Å². The molecule has 24 heavy (non-hydrogen) atoms. The summed E-state index contributed by atoms with van der Waals surface area (Å²) in [6, 6.07) is 13.7. The van der Waals surface area contributed by atoms with Crippen molar-refractivity contribution < 1.29 is 13.9 Å². The van der Waals surface area contributed by atoms with Gasteiger partial charge < -0.3 is 14.5 Å². The first-order valence-electron chi connectivity index (χ1n) is 7.97. The number of amides is 1. The number of ether oxygens (including phenoxy) is 1. The van der Waals surface area contributed by atoms with Crippen molar-refractivity contribution in [1.82, 2.24) is 10.3 Å². The third kappa shape index (κ3) is 3.93. The van der Waals surface area contributed by atoms with E-state index in [2.05, 4.69) is 10.3 Å². The number of benzene rings is 2. The summed E-state index contributed by atoms with van der Waals surface area (Å²) in [4.78, 5) is 16.1. The molecule has 124 valence electrons. The Labute approximate surface area is 140 Å². The largest absolute Gasteiger partial charge is 0.496 e. The van der Waals surface area contributed by atoms with Crippen LogP contribution in [0.15, 0.2) is 53.3 Å². The van der Waals surface area contributed by atoms with E-state index in [1.54, 1.807) is 7.11 Å². The molecule has 0 aliphatic carbocycles. The number of nitrogens with one attached hydrogen (secondary N) is 1. The minimum Gasteiger partial charge on any atom is -0.496 e. The lowest BCUT2D eigenvalue weighted by Gasteiger charge is -2.08. The second kappa shape index (κ2) is 7.64. The van der Waals surface area contributed by atoms with Crippen molar-refractivity contribution in [1.29, 1.82) is 0 Å². The third-order valence-corrected chi connectivity index (χ3v) is 3.94. The third-order valence-electron chi connectivity index (χ3n) is 3.94. The highest BCUT2D eigenvalue weighted by molar-refractivity contribution is 5.76. The Morgan fingerprint density at radius 1 is 1.21 bits per heavy atom. The smallest absolute Gasteiger partial charge is 0.220 e. The average Bonchev–Trinajstić information content (AvgIpc) is 3.08. The summed E-state index contributed by atoms with van der Waals surface area (Å²) in [5.41, 5.74) is 3.79. The molecule has 3 rings (SSSR count). The number of fused-ring (bicyclic) bond motifs is 1. The van der Waals surface area contributed by atoms with E-state index >= 15 is 0 Å². The monoisotopic (exact) mass is 324 g/mol. The number of aryl methyl sites for hydroxylation is 1. The summed E-state index contributed by atoms with van der Waals surface area (Å²) in [7, 11) is 1.64. The first kappa shape index (κ1) is 16.1. The van der Waals surface area contributed by atoms with Gasteiger partial charge in [0.05, 0.1) is 7.11 Å². The lowest BCUT2D eigenvalue weighted by molar-refractivity contribution is -0.121. The number of oxazole rings is 1. The molecule has 5 nitrogen and oxygen atoms in total. The van der Waals surface area contributed by atoms with Crippen molar-refractivity contribution in [2.45, 2.75) is 19.3 Å². The number of carbonyl (C=O) groups excluding carboxylic acids is 1. The topological polar surface area (TPSA) is 64.4 Å². The molecule has 1 amide bonds. The molecular weight excluding hydrogens is 304 g/mol. The second-order valence-corrected chi connectivity index (χ2v) is 5.57. The fourth-order valence-corrected chi connectivity index (χ4v) is 2.65. The Bertz CT molecular complexity index is 826. The van der Waals surface area contributed by atoms with Crippen LogP contribution in [0.3, 0.4) is 0 Å². The van der Waals surface area contributed by atoms with Crippen LogP contribution in [-0.4, -0.2) is 24.5 Å². The molecule has 1 N–H and O–H groups in total. The molecular formula is C19H20N2O3. The van der Waals surface area contributed by atoms with E-state index in [1.807, 2.05) is 42.5 Å². The van der Waals surface area contributed by atoms with Gasteiger partial charge in [0.15, 0.2) is 12.0 Å². The molecule has 0 unspecified atom stereocenters. The van der Waals surface area contributed by atoms with Gasteiger partial charge in [-0.05, 0) is 42.2 Å². The van der Waals surface area contributed by atoms with Crippen LogP contribution in [0.4, 0.5) is 0 Å². The van der Waals surface area contributed by atoms with E-state index in [4.69, 9.17) is 9.15 Å². The molecule has 5 heteroatoms. The molecule has 0 saturated heterocycles. The lowest BCUT2D eigenvalue weighted by atomic mass is 10.1. The molecule has 1 aromatic heterocycles. The molecule has 3 aromatic rings. The Balaban J connectivity index is 1.45. The quantitative estimate of drug-likeness (QED) is 0.725. The molecule has 0 spiro atoms. The number of nitrogens with zero attached hydrogens (tertiary/aromatic N) is 1. The minimum absolute atomic E-state index is 0.0448. The Kier molecular flexibility index (Phi) is 5.11. The van der Waals surface area contributed by atoms with E-state index in [-0.39, 0.29) is 5.91 Å². The summed E-state index contributed by atoms with van der Waals surface area (Å²) in [5.74, 6) is 0.870. The van der Waals surface area contributed by atoms with Crippen molar-refractivity contribution in [2.24, 2.45) is 0 Å². The average molecular weight is 324 g/mol. The van der Waals surface area contributed by atoms with Crippen molar-refractivity contribution in [3.8, 4) is 5.75 Å². The fourth-order valence-electron chi connectivity index (χ4n) is 2.65. The molecule has 2 aromatic carbocycles. The van der Waals surface area contributed by atoms with E-state index in [9.17, 15) is 4.79 Å². The molecule has 1 heterocycles. The molecule has 0 atom stereocenters. The highest BCUT2D eigenvalue weighted by Crippen LogP contribution is 2.18. The first-order valence-corrected chi connectivity index (χ1v) is 7.97. The standard InChI is InChI=1S/C19H20N2O3/c1-23-17-5-3-2-4-15(17)7-9-19(22)20-11-10-14-6-8-18-16(12-14)21-13-24-18/h2-6,8,12-13H,7,9-11H2,1H3,(H,20,22). The molecule has 0 radical (unpaired) electrons. The van der Waals surface area contributed by atoms with Gasteiger partial charge in [0.25, 0.3) is 0 Å². The van der Waals surface area contributed by atoms with Gasteiger partial charge in [-0.15, -0.1) is 0 Å². The van der Waals surface area contributed by atoms with Gasteiger partial charge in [-0.1, -0.05) is 24.3 Å². The van der Waals surface area contributed by atoms with Crippen molar-refractivity contribution in [3.05, 3.63) is 60.0 Å². The van der Waals surface area contributed by atoms with E-state index < -0.39 is 0 Å².